The highest BCUT2D eigenvalue weighted by Crippen LogP contribution is 2.27. The lowest BCUT2D eigenvalue weighted by Gasteiger charge is -2.22. The molecule has 140 valence electrons. The van der Waals surface area contributed by atoms with Gasteiger partial charge in [-0.25, -0.2) is 0 Å². The maximum atomic E-state index is 12.8. The molecule has 0 fully saturated rings. The normalized spacial score (nSPS) is 13.2. The van der Waals surface area contributed by atoms with E-state index in [1.165, 1.54) is 11.1 Å². The molecule has 3 heteroatoms. The van der Waals surface area contributed by atoms with Crippen molar-refractivity contribution < 1.29 is 9.53 Å². The molecular formula is C24H27NO2. The van der Waals surface area contributed by atoms with Crippen LogP contribution in [0.25, 0.3) is 10.8 Å². The molecule has 0 unspecified atom stereocenters. The molecule has 1 N–H and O–H groups in total. The number of carbonyl (C=O) groups is 1. The maximum Gasteiger partial charge on any atom is 0.261 e. The van der Waals surface area contributed by atoms with Crippen molar-refractivity contribution in [2.24, 2.45) is 0 Å². The number of carbonyl (C=O) groups excluding carboxylic acids is 1. The lowest BCUT2D eigenvalue weighted by Crippen LogP contribution is -2.39. The number of aryl methyl sites for hydroxylation is 2. The van der Waals surface area contributed by atoms with Crippen LogP contribution in [0, 0.1) is 13.8 Å². The van der Waals surface area contributed by atoms with E-state index in [1.807, 2.05) is 56.3 Å². The standard InChI is InChI=1S/C24H27NO2/c1-5-22(27-23-12-8-10-19-9-6-7-11-21(19)23)24(26)25-18(4)20-14-13-16(2)17(3)15-20/h6-15,18,22H,5H2,1-4H3,(H,25,26)/t18-,22+/m1/s1. The molecule has 0 bridgehead atoms. The van der Waals surface area contributed by atoms with Crippen molar-refractivity contribution in [1.29, 1.82) is 0 Å². The minimum Gasteiger partial charge on any atom is -0.480 e. The minimum atomic E-state index is -0.523. The molecule has 0 spiro atoms. The Bertz CT molecular complexity index is 943. The van der Waals surface area contributed by atoms with Gasteiger partial charge in [-0.1, -0.05) is 61.5 Å². The molecule has 0 saturated carbocycles. The number of ether oxygens (including phenoxy) is 1. The van der Waals surface area contributed by atoms with E-state index in [0.717, 1.165) is 22.1 Å². The molecule has 0 aromatic heterocycles. The highest BCUT2D eigenvalue weighted by Gasteiger charge is 2.21. The SMILES string of the molecule is CC[C@H](Oc1cccc2ccccc12)C(=O)N[C@H](C)c1ccc(C)c(C)c1. The van der Waals surface area contributed by atoms with Crippen LogP contribution in [0.3, 0.4) is 0 Å². The first kappa shape index (κ1) is 19.0. The van der Waals surface area contributed by atoms with E-state index in [0.29, 0.717) is 6.42 Å². The zero-order valence-electron chi connectivity index (χ0n) is 16.5. The molecule has 27 heavy (non-hydrogen) atoms. The number of benzene rings is 3. The first-order valence-corrected chi connectivity index (χ1v) is 9.51. The molecular weight excluding hydrogens is 334 g/mol. The van der Waals surface area contributed by atoms with Crippen LogP contribution < -0.4 is 10.1 Å². The number of hydrogen-bond donors (Lipinski definition) is 1. The van der Waals surface area contributed by atoms with Crippen molar-refractivity contribution in [2.45, 2.75) is 46.3 Å². The molecule has 3 aromatic rings. The van der Waals surface area contributed by atoms with Crippen molar-refractivity contribution in [3.63, 3.8) is 0 Å². The predicted molar refractivity (Wildman–Crippen MR) is 111 cm³/mol. The Labute approximate surface area is 161 Å². The first-order chi connectivity index (χ1) is 13.0. The lowest BCUT2D eigenvalue weighted by atomic mass is 10.0. The highest BCUT2D eigenvalue weighted by atomic mass is 16.5. The van der Waals surface area contributed by atoms with Gasteiger partial charge in [0.2, 0.25) is 0 Å². The van der Waals surface area contributed by atoms with Gasteiger partial charge in [0.15, 0.2) is 6.10 Å². The van der Waals surface area contributed by atoms with Gasteiger partial charge in [0, 0.05) is 5.39 Å². The van der Waals surface area contributed by atoms with Crippen molar-refractivity contribution in [3.05, 3.63) is 77.4 Å². The summed E-state index contributed by atoms with van der Waals surface area (Å²) in [6, 6.07) is 20.2. The average Bonchev–Trinajstić information content (AvgIpc) is 2.68. The number of hydrogen-bond acceptors (Lipinski definition) is 2. The third kappa shape index (κ3) is 4.30. The molecule has 0 radical (unpaired) electrons. The quantitative estimate of drug-likeness (QED) is 0.630. The van der Waals surface area contributed by atoms with Crippen LogP contribution in [-0.2, 0) is 4.79 Å². The van der Waals surface area contributed by atoms with E-state index in [2.05, 4.69) is 37.4 Å². The Morgan fingerprint density at radius 2 is 1.74 bits per heavy atom. The van der Waals surface area contributed by atoms with Gasteiger partial charge in [-0.15, -0.1) is 0 Å². The van der Waals surface area contributed by atoms with Crippen LogP contribution >= 0.6 is 0 Å². The second-order valence-electron chi connectivity index (χ2n) is 7.07. The Balaban J connectivity index is 1.74. The molecule has 0 aliphatic heterocycles. The van der Waals surface area contributed by atoms with E-state index in [9.17, 15) is 4.79 Å². The summed E-state index contributed by atoms with van der Waals surface area (Å²) in [5, 5.41) is 5.23. The second-order valence-corrected chi connectivity index (χ2v) is 7.07. The fourth-order valence-corrected chi connectivity index (χ4v) is 3.20. The molecule has 3 aromatic carbocycles. The summed E-state index contributed by atoms with van der Waals surface area (Å²) < 4.78 is 6.11. The van der Waals surface area contributed by atoms with Crippen LogP contribution in [0.5, 0.6) is 5.75 Å². The topological polar surface area (TPSA) is 38.3 Å². The number of nitrogens with one attached hydrogen (secondary N) is 1. The van der Waals surface area contributed by atoms with Gasteiger partial charge in [0.1, 0.15) is 5.75 Å². The van der Waals surface area contributed by atoms with E-state index in [4.69, 9.17) is 4.74 Å². The average molecular weight is 361 g/mol. The Morgan fingerprint density at radius 3 is 2.48 bits per heavy atom. The zero-order chi connectivity index (χ0) is 19.4. The van der Waals surface area contributed by atoms with Gasteiger partial charge < -0.3 is 10.1 Å². The third-order valence-electron chi connectivity index (χ3n) is 5.07. The monoisotopic (exact) mass is 361 g/mol. The largest absolute Gasteiger partial charge is 0.480 e. The van der Waals surface area contributed by atoms with Gasteiger partial charge in [0.25, 0.3) is 5.91 Å². The van der Waals surface area contributed by atoms with Crippen LogP contribution in [0.1, 0.15) is 43.0 Å². The van der Waals surface area contributed by atoms with Crippen LogP contribution in [0.15, 0.2) is 60.7 Å². The summed E-state index contributed by atoms with van der Waals surface area (Å²) in [6.07, 6.45) is 0.0825. The van der Waals surface area contributed by atoms with Crippen molar-refractivity contribution in [2.75, 3.05) is 0 Å². The summed E-state index contributed by atoms with van der Waals surface area (Å²) in [4.78, 5) is 12.8. The fraction of sp³-hybridized carbons (Fsp3) is 0.292. The van der Waals surface area contributed by atoms with Crippen LogP contribution in [-0.4, -0.2) is 12.0 Å². The lowest BCUT2D eigenvalue weighted by molar-refractivity contribution is -0.128. The molecule has 0 aliphatic carbocycles. The summed E-state index contributed by atoms with van der Waals surface area (Å²) in [5.74, 6) is 0.657. The highest BCUT2D eigenvalue weighted by molar-refractivity contribution is 5.89. The Kier molecular flexibility index (Phi) is 5.80. The molecule has 0 aliphatic rings. The molecule has 3 rings (SSSR count). The van der Waals surface area contributed by atoms with Crippen molar-refractivity contribution in [1.82, 2.24) is 5.32 Å². The predicted octanol–water partition coefficient (Wildman–Crippen LogP) is 5.49. The van der Waals surface area contributed by atoms with E-state index in [1.54, 1.807) is 0 Å². The summed E-state index contributed by atoms with van der Waals surface area (Å²) >= 11 is 0. The van der Waals surface area contributed by atoms with Crippen molar-refractivity contribution >= 4 is 16.7 Å². The van der Waals surface area contributed by atoms with Crippen LogP contribution in [0.2, 0.25) is 0 Å². The molecule has 2 atom stereocenters. The number of fused-ring (bicyclic) bond motifs is 1. The maximum absolute atomic E-state index is 12.8. The number of rotatable bonds is 6. The van der Waals surface area contributed by atoms with E-state index >= 15 is 0 Å². The summed E-state index contributed by atoms with van der Waals surface area (Å²) in [7, 11) is 0. The minimum absolute atomic E-state index is 0.0676. The smallest absolute Gasteiger partial charge is 0.261 e. The molecule has 1 amide bonds. The molecule has 3 nitrogen and oxygen atoms in total. The number of amides is 1. The molecule has 0 saturated heterocycles. The molecule has 0 heterocycles. The summed E-state index contributed by atoms with van der Waals surface area (Å²) in [5.41, 5.74) is 3.59. The van der Waals surface area contributed by atoms with E-state index in [-0.39, 0.29) is 11.9 Å². The van der Waals surface area contributed by atoms with Gasteiger partial charge in [-0.3, -0.25) is 4.79 Å². The van der Waals surface area contributed by atoms with Gasteiger partial charge >= 0.3 is 0 Å². The van der Waals surface area contributed by atoms with Crippen LogP contribution in [0.4, 0.5) is 0 Å². The first-order valence-electron chi connectivity index (χ1n) is 9.51. The van der Waals surface area contributed by atoms with Gasteiger partial charge in [-0.05, 0) is 55.3 Å². The van der Waals surface area contributed by atoms with Gasteiger partial charge in [-0.2, -0.15) is 0 Å². The van der Waals surface area contributed by atoms with Crippen molar-refractivity contribution in [3.8, 4) is 5.75 Å². The third-order valence-corrected chi connectivity index (χ3v) is 5.07. The fourth-order valence-electron chi connectivity index (χ4n) is 3.20. The Hall–Kier alpha value is -2.81. The Morgan fingerprint density at radius 1 is 1.00 bits per heavy atom. The van der Waals surface area contributed by atoms with Gasteiger partial charge in [0.05, 0.1) is 6.04 Å². The summed E-state index contributed by atoms with van der Waals surface area (Å²) in [6.45, 7) is 8.15. The zero-order valence-corrected chi connectivity index (χ0v) is 16.5. The van der Waals surface area contributed by atoms with E-state index < -0.39 is 6.10 Å². The second kappa shape index (κ2) is 8.26.